The quantitative estimate of drug-likeness (QED) is 0.294. The summed E-state index contributed by atoms with van der Waals surface area (Å²) < 4.78 is 0. The van der Waals surface area contributed by atoms with Gasteiger partial charge in [0.15, 0.2) is 0 Å². The Kier molecular flexibility index (Phi) is 5.15. The molecule has 0 fully saturated rings. The highest BCUT2D eigenvalue weighted by molar-refractivity contribution is 6.31. The number of benzene rings is 4. The van der Waals surface area contributed by atoms with Crippen molar-refractivity contribution in [1.82, 2.24) is 0 Å². The summed E-state index contributed by atoms with van der Waals surface area (Å²) in [6.45, 7) is 2.43. The summed E-state index contributed by atoms with van der Waals surface area (Å²) in [5.74, 6) is 0.562. The van der Waals surface area contributed by atoms with Crippen molar-refractivity contribution in [1.29, 1.82) is 0 Å². The third-order valence-electron chi connectivity index (χ3n) is 8.06. The average Bonchev–Trinajstić information content (AvgIpc) is 2.86. The predicted molar refractivity (Wildman–Crippen MR) is 139 cm³/mol. The third kappa shape index (κ3) is 3.35. The van der Waals surface area contributed by atoms with Crippen LogP contribution in [0.15, 0.2) is 91.0 Å². The Morgan fingerprint density at radius 3 is 2.36 bits per heavy atom. The van der Waals surface area contributed by atoms with Crippen molar-refractivity contribution in [2.75, 3.05) is 0 Å². The molecule has 2 unspecified atom stereocenters. The second-order valence-electron chi connectivity index (χ2n) is 9.87. The van der Waals surface area contributed by atoms with Gasteiger partial charge in [-0.15, -0.1) is 0 Å². The molecular formula is C32H29Cl. The second kappa shape index (κ2) is 8.19. The summed E-state index contributed by atoms with van der Waals surface area (Å²) in [5.41, 5.74) is 11.6. The summed E-state index contributed by atoms with van der Waals surface area (Å²) >= 11 is 6.93. The van der Waals surface area contributed by atoms with E-state index in [0.29, 0.717) is 5.92 Å². The topological polar surface area (TPSA) is 0 Å². The molecule has 4 aromatic rings. The first-order chi connectivity index (χ1) is 16.2. The van der Waals surface area contributed by atoms with Gasteiger partial charge in [-0.2, -0.15) is 0 Å². The lowest BCUT2D eigenvalue weighted by Gasteiger charge is -2.44. The van der Waals surface area contributed by atoms with E-state index in [2.05, 4.69) is 97.9 Å². The molecular weight excluding hydrogens is 420 g/mol. The van der Waals surface area contributed by atoms with Crippen LogP contribution in [0, 0.1) is 0 Å². The summed E-state index contributed by atoms with van der Waals surface area (Å²) in [6, 6.07) is 33.3. The van der Waals surface area contributed by atoms with Crippen molar-refractivity contribution in [3.05, 3.63) is 129 Å². The van der Waals surface area contributed by atoms with E-state index in [1.165, 1.54) is 39.8 Å². The lowest BCUT2D eigenvalue weighted by atomic mass is 9.59. The Labute approximate surface area is 202 Å². The molecule has 0 N–H and O–H groups in total. The monoisotopic (exact) mass is 448 g/mol. The molecule has 2 atom stereocenters. The number of hydrogen-bond acceptors (Lipinski definition) is 0. The van der Waals surface area contributed by atoms with Crippen molar-refractivity contribution >= 4 is 11.6 Å². The maximum atomic E-state index is 6.93. The van der Waals surface area contributed by atoms with Crippen LogP contribution in [0.1, 0.15) is 59.1 Å². The number of aryl methyl sites for hydroxylation is 1. The number of fused-ring (bicyclic) bond motifs is 5. The fourth-order valence-electron chi connectivity index (χ4n) is 6.52. The van der Waals surface area contributed by atoms with Crippen molar-refractivity contribution < 1.29 is 0 Å². The molecule has 0 amide bonds. The van der Waals surface area contributed by atoms with Crippen LogP contribution in [0.3, 0.4) is 0 Å². The molecule has 0 radical (unpaired) electrons. The van der Waals surface area contributed by atoms with Gasteiger partial charge in [0.2, 0.25) is 0 Å². The summed E-state index contributed by atoms with van der Waals surface area (Å²) in [4.78, 5) is 0. The van der Waals surface area contributed by atoms with E-state index in [1.54, 1.807) is 11.1 Å². The standard InChI is InChI=1S/C32H29Cl/c1-22-19-20-32(21-23-9-3-2-4-10-23,28-13-7-8-14-30(28)33)29-18-17-26-25-12-6-5-11-24(25)15-16-27(26)31(22)29/h2-14,17-18,22H,15-16,19-21H2,1H3. The molecule has 0 aromatic heterocycles. The molecule has 33 heavy (non-hydrogen) atoms. The maximum absolute atomic E-state index is 6.93. The van der Waals surface area contributed by atoms with E-state index in [1.807, 2.05) is 0 Å². The molecule has 164 valence electrons. The van der Waals surface area contributed by atoms with Crippen LogP contribution < -0.4 is 0 Å². The predicted octanol–water partition coefficient (Wildman–Crippen LogP) is 8.53. The van der Waals surface area contributed by atoms with Gasteiger partial charge in [-0.25, -0.2) is 0 Å². The Morgan fingerprint density at radius 2 is 1.52 bits per heavy atom. The van der Waals surface area contributed by atoms with Gasteiger partial charge in [0, 0.05) is 10.4 Å². The SMILES string of the molecule is CC1CCC(Cc2ccccc2)(c2ccccc2Cl)c2ccc3c(c21)CCc1ccccc1-3. The third-order valence-corrected chi connectivity index (χ3v) is 8.39. The Morgan fingerprint density at radius 1 is 0.758 bits per heavy atom. The first-order valence-corrected chi connectivity index (χ1v) is 12.6. The van der Waals surface area contributed by atoms with Crippen LogP contribution in [-0.2, 0) is 24.7 Å². The minimum Gasteiger partial charge on any atom is -0.0840 e. The Hall–Kier alpha value is -2.83. The molecule has 0 saturated carbocycles. The largest absolute Gasteiger partial charge is 0.0840 e. The Bertz CT molecular complexity index is 1320. The highest BCUT2D eigenvalue weighted by atomic mass is 35.5. The molecule has 1 heteroatoms. The van der Waals surface area contributed by atoms with Crippen molar-refractivity contribution in [3.8, 4) is 11.1 Å². The van der Waals surface area contributed by atoms with E-state index >= 15 is 0 Å². The molecule has 4 aromatic carbocycles. The van der Waals surface area contributed by atoms with Gasteiger partial charge in [0.25, 0.3) is 0 Å². The van der Waals surface area contributed by atoms with Crippen LogP contribution in [0.5, 0.6) is 0 Å². The van der Waals surface area contributed by atoms with E-state index in [4.69, 9.17) is 11.6 Å². The molecule has 2 aliphatic rings. The van der Waals surface area contributed by atoms with Crippen molar-refractivity contribution in [3.63, 3.8) is 0 Å². The van der Waals surface area contributed by atoms with E-state index < -0.39 is 0 Å². The highest BCUT2D eigenvalue weighted by Gasteiger charge is 2.43. The number of rotatable bonds is 3. The van der Waals surface area contributed by atoms with Crippen molar-refractivity contribution in [2.45, 2.75) is 50.4 Å². The molecule has 0 bridgehead atoms. The fourth-order valence-corrected chi connectivity index (χ4v) is 6.84. The Balaban J connectivity index is 1.61. The lowest BCUT2D eigenvalue weighted by Crippen LogP contribution is -2.37. The molecule has 0 aliphatic heterocycles. The number of hydrogen-bond donors (Lipinski definition) is 0. The van der Waals surface area contributed by atoms with Crippen LogP contribution in [-0.4, -0.2) is 0 Å². The smallest absolute Gasteiger partial charge is 0.0447 e. The maximum Gasteiger partial charge on any atom is 0.0447 e. The highest BCUT2D eigenvalue weighted by Crippen LogP contribution is 2.53. The molecule has 2 aliphatic carbocycles. The zero-order valence-corrected chi connectivity index (χ0v) is 19.9. The van der Waals surface area contributed by atoms with Crippen LogP contribution >= 0.6 is 11.6 Å². The zero-order valence-electron chi connectivity index (χ0n) is 19.2. The van der Waals surface area contributed by atoms with E-state index in [0.717, 1.165) is 30.7 Å². The average molecular weight is 449 g/mol. The van der Waals surface area contributed by atoms with Gasteiger partial charge in [-0.3, -0.25) is 0 Å². The second-order valence-corrected chi connectivity index (χ2v) is 10.3. The van der Waals surface area contributed by atoms with Crippen LogP contribution in [0.2, 0.25) is 5.02 Å². The minimum atomic E-state index is -0.104. The van der Waals surface area contributed by atoms with Gasteiger partial charge in [-0.05, 0) is 88.6 Å². The van der Waals surface area contributed by atoms with Crippen LogP contribution in [0.4, 0.5) is 0 Å². The summed E-state index contributed by atoms with van der Waals surface area (Å²) in [5, 5.41) is 0.886. The fraction of sp³-hybridized carbons (Fsp3) is 0.250. The lowest BCUT2D eigenvalue weighted by molar-refractivity contribution is 0.395. The summed E-state index contributed by atoms with van der Waals surface area (Å²) in [6.07, 6.45) is 5.54. The van der Waals surface area contributed by atoms with Gasteiger partial charge in [0.1, 0.15) is 0 Å². The first kappa shape index (κ1) is 20.8. The minimum absolute atomic E-state index is 0.104. The van der Waals surface area contributed by atoms with Gasteiger partial charge >= 0.3 is 0 Å². The molecule has 0 spiro atoms. The van der Waals surface area contributed by atoms with Gasteiger partial charge in [-0.1, -0.05) is 103 Å². The first-order valence-electron chi connectivity index (χ1n) is 12.2. The van der Waals surface area contributed by atoms with Crippen LogP contribution in [0.25, 0.3) is 11.1 Å². The van der Waals surface area contributed by atoms with Crippen molar-refractivity contribution in [2.24, 2.45) is 0 Å². The van der Waals surface area contributed by atoms with Gasteiger partial charge in [0.05, 0.1) is 0 Å². The van der Waals surface area contributed by atoms with E-state index in [9.17, 15) is 0 Å². The molecule has 6 rings (SSSR count). The molecule has 0 saturated heterocycles. The normalized spacial score (nSPS) is 21.1. The molecule has 0 heterocycles. The number of halogens is 1. The van der Waals surface area contributed by atoms with Gasteiger partial charge < -0.3 is 0 Å². The summed E-state index contributed by atoms with van der Waals surface area (Å²) in [7, 11) is 0. The van der Waals surface area contributed by atoms with E-state index in [-0.39, 0.29) is 5.41 Å². The zero-order chi connectivity index (χ0) is 22.4. The molecule has 0 nitrogen and oxygen atoms in total.